The molecule has 0 saturated carbocycles. The molecule has 0 amide bonds. The third kappa shape index (κ3) is 10.1. The van der Waals surface area contributed by atoms with Crippen LogP contribution >= 0.6 is 0 Å². The van der Waals surface area contributed by atoms with Gasteiger partial charge in [-0.25, -0.2) is 4.79 Å². The van der Waals surface area contributed by atoms with Crippen LogP contribution in [0.15, 0.2) is 59.7 Å². The van der Waals surface area contributed by atoms with Gasteiger partial charge in [0.05, 0.1) is 14.2 Å². The van der Waals surface area contributed by atoms with E-state index < -0.39 is 5.97 Å². The van der Waals surface area contributed by atoms with Crippen LogP contribution in [0, 0.1) is 5.41 Å². The molecule has 0 aromatic heterocycles. The number of methoxy groups -OCH3 is 2. The number of allylic oxidation sites excluding steroid dienone is 6. The van der Waals surface area contributed by atoms with Crippen molar-refractivity contribution in [2.24, 2.45) is 5.41 Å². The molecule has 2 rings (SSSR count). The molecule has 1 aromatic carbocycles. The summed E-state index contributed by atoms with van der Waals surface area (Å²) < 4.78 is 10.1. The number of ether oxygens (including phenoxy) is 2. The van der Waals surface area contributed by atoms with Gasteiger partial charge in [0.25, 0.3) is 0 Å². The third-order valence-corrected chi connectivity index (χ3v) is 4.84. The lowest BCUT2D eigenvalue weighted by Gasteiger charge is -2.18. The molecule has 0 atom stereocenters. The molecule has 0 spiro atoms. The summed E-state index contributed by atoms with van der Waals surface area (Å²) in [5.74, 6) is 0.208. The highest BCUT2D eigenvalue weighted by atomic mass is 16.5. The molecule has 0 fully saturated rings. The Kier molecular flexibility index (Phi) is 10.7. The van der Waals surface area contributed by atoms with Crippen LogP contribution in [-0.2, 0) is 4.79 Å². The van der Waals surface area contributed by atoms with E-state index in [0.29, 0.717) is 16.9 Å². The normalized spacial score (nSPS) is 16.5. The van der Waals surface area contributed by atoms with Gasteiger partial charge in [0.15, 0.2) is 11.5 Å². The number of benzene rings is 1. The van der Waals surface area contributed by atoms with E-state index >= 15 is 0 Å². The maximum absolute atomic E-state index is 10.3. The number of hydrogen-bond acceptors (Lipinski definition) is 3. The van der Waals surface area contributed by atoms with Crippen molar-refractivity contribution in [1.29, 1.82) is 0 Å². The van der Waals surface area contributed by atoms with Gasteiger partial charge in [0.2, 0.25) is 0 Å². The smallest absolute Gasteiger partial charge is 0.328 e. The first-order valence-electron chi connectivity index (χ1n) is 10.3. The molecule has 4 heteroatoms. The van der Waals surface area contributed by atoms with Gasteiger partial charge >= 0.3 is 5.97 Å². The fourth-order valence-corrected chi connectivity index (χ4v) is 2.92. The lowest BCUT2D eigenvalue weighted by atomic mass is 9.87. The molecular weight excluding hydrogens is 376 g/mol. The van der Waals surface area contributed by atoms with Crippen molar-refractivity contribution in [2.45, 2.75) is 53.4 Å². The number of aliphatic carboxylic acids is 1. The summed E-state index contributed by atoms with van der Waals surface area (Å²) in [7, 11) is 3.08. The summed E-state index contributed by atoms with van der Waals surface area (Å²) in [6.45, 7) is 9.10. The van der Waals surface area contributed by atoms with Crippen LogP contribution in [-0.4, -0.2) is 25.3 Å². The van der Waals surface area contributed by atoms with Gasteiger partial charge in [-0.1, -0.05) is 55.4 Å². The van der Waals surface area contributed by atoms with Crippen molar-refractivity contribution in [3.05, 3.63) is 65.3 Å². The van der Waals surface area contributed by atoms with Gasteiger partial charge in [-0.3, -0.25) is 0 Å². The van der Waals surface area contributed by atoms with E-state index in [1.54, 1.807) is 25.3 Å². The summed E-state index contributed by atoms with van der Waals surface area (Å²) >= 11 is 0. The molecule has 0 heterocycles. The molecule has 1 aromatic rings. The summed E-state index contributed by atoms with van der Waals surface area (Å²) in [5, 5.41) is 8.46. The van der Waals surface area contributed by atoms with E-state index in [2.05, 4.69) is 52.0 Å². The van der Waals surface area contributed by atoms with Crippen LogP contribution in [0.1, 0.15) is 58.9 Å². The molecule has 164 valence electrons. The molecule has 1 N–H and O–H groups in total. The van der Waals surface area contributed by atoms with Crippen LogP contribution in [0.3, 0.4) is 0 Å². The Morgan fingerprint density at radius 3 is 2.40 bits per heavy atom. The standard InChI is InChI=1S/C15H24.C11H12O4/c1-13-7-5-8-14(2)10-12-15(3,4)11-6-9-13;1-14-9-5-3-8(4-6-11(12)13)7-10(9)15-2/h6-7,10-11H,5,8-9,12H2,1-4H3;3-7H,1-2H3,(H,12,13). The molecule has 0 bridgehead atoms. The van der Waals surface area contributed by atoms with Crippen LogP contribution < -0.4 is 9.47 Å². The van der Waals surface area contributed by atoms with E-state index in [9.17, 15) is 4.79 Å². The molecule has 0 aliphatic heterocycles. The number of carboxylic acids is 1. The van der Waals surface area contributed by atoms with Gasteiger partial charge in [-0.05, 0) is 68.7 Å². The maximum atomic E-state index is 10.3. The third-order valence-electron chi connectivity index (χ3n) is 4.84. The fraction of sp³-hybridized carbons (Fsp3) is 0.423. The highest BCUT2D eigenvalue weighted by Gasteiger charge is 2.11. The summed E-state index contributed by atoms with van der Waals surface area (Å²) in [6.07, 6.45) is 16.7. The van der Waals surface area contributed by atoms with Crippen LogP contribution in [0.2, 0.25) is 0 Å². The summed E-state index contributed by atoms with van der Waals surface area (Å²) in [6, 6.07) is 5.18. The van der Waals surface area contributed by atoms with E-state index in [-0.39, 0.29) is 0 Å². The van der Waals surface area contributed by atoms with Crippen molar-refractivity contribution in [1.82, 2.24) is 0 Å². The van der Waals surface area contributed by atoms with Gasteiger partial charge in [-0.2, -0.15) is 0 Å². The molecule has 30 heavy (non-hydrogen) atoms. The Morgan fingerprint density at radius 1 is 1.07 bits per heavy atom. The average molecular weight is 413 g/mol. The molecule has 0 unspecified atom stereocenters. The Morgan fingerprint density at radius 2 is 1.77 bits per heavy atom. The fourth-order valence-electron chi connectivity index (χ4n) is 2.92. The number of carbonyl (C=O) groups is 1. The van der Waals surface area contributed by atoms with Crippen molar-refractivity contribution in [2.75, 3.05) is 14.2 Å². The molecule has 4 nitrogen and oxygen atoms in total. The highest BCUT2D eigenvalue weighted by molar-refractivity contribution is 5.85. The first-order chi connectivity index (χ1) is 14.2. The lowest BCUT2D eigenvalue weighted by Crippen LogP contribution is -2.05. The minimum Gasteiger partial charge on any atom is -0.493 e. The second kappa shape index (κ2) is 12.7. The minimum atomic E-state index is -0.982. The Labute approximate surface area is 181 Å². The second-order valence-corrected chi connectivity index (χ2v) is 8.22. The SMILES string of the molecule is CC1=CCCC(C)=CCC(C)(C)C=CC1.COc1ccc(C=CC(=O)O)cc1OC. The van der Waals surface area contributed by atoms with Crippen LogP contribution in [0.4, 0.5) is 0 Å². The first-order valence-corrected chi connectivity index (χ1v) is 10.3. The second-order valence-electron chi connectivity index (χ2n) is 8.22. The van der Waals surface area contributed by atoms with Gasteiger partial charge in [-0.15, -0.1) is 0 Å². The van der Waals surface area contributed by atoms with Gasteiger partial charge in [0.1, 0.15) is 0 Å². The molecule has 1 aliphatic carbocycles. The predicted octanol–water partition coefficient (Wildman–Crippen LogP) is 6.84. The topological polar surface area (TPSA) is 55.8 Å². The Bertz CT molecular complexity index is 810. The average Bonchev–Trinajstić information content (AvgIpc) is 2.72. The van der Waals surface area contributed by atoms with Crippen molar-refractivity contribution < 1.29 is 19.4 Å². The molecule has 0 saturated heterocycles. The molecular formula is C26H36O4. The zero-order chi connectivity index (χ0) is 22.6. The van der Waals surface area contributed by atoms with Crippen molar-refractivity contribution in [3.8, 4) is 11.5 Å². The zero-order valence-electron chi connectivity index (χ0n) is 19.2. The molecule has 0 radical (unpaired) electrons. The number of carboxylic acid groups (broad SMARTS) is 1. The zero-order valence-corrected chi connectivity index (χ0v) is 19.2. The first kappa shape index (κ1) is 25.3. The van der Waals surface area contributed by atoms with Crippen LogP contribution in [0.5, 0.6) is 11.5 Å². The summed E-state index contributed by atoms with van der Waals surface area (Å²) in [4.78, 5) is 10.3. The van der Waals surface area contributed by atoms with Crippen LogP contribution in [0.25, 0.3) is 6.08 Å². The van der Waals surface area contributed by atoms with E-state index in [1.807, 2.05) is 0 Å². The maximum Gasteiger partial charge on any atom is 0.328 e. The monoisotopic (exact) mass is 412 g/mol. The number of hydrogen-bond donors (Lipinski definition) is 1. The van der Waals surface area contributed by atoms with Gasteiger partial charge in [0, 0.05) is 6.08 Å². The quantitative estimate of drug-likeness (QED) is 0.434. The minimum absolute atomic E-state index is 0.311. The number of rotatable bonds is 4. The van der Waals surface area contributed by atoms with Crippen molar-refractivity contribution >= 4 is 12.0 Å². The Balaban J connectivity index is 0.000000300. The summed E-state index contributed by atoms with van der Waals surface area (Å²) in [5.41, 5.74) is 4.08. The van der Waals surface area contributed by atoms with Gasteiger partial charge < -0.3 is 14.6 Å². The van der Waals surface area contributed by atoms with Crippen molar-refractivity contribution in [3.63, 3.8) is 0 Å². The van der Waals surface area contributed by atoms with E-state index in [1.165, 1.54) is 37.2 Å². The largest absolute Gasteiger partial charge is 0.493 e. The Hall–Kier alpha value is -2.75. The lowest BCUT2D eigenvalue weighted by molar-refractivity contribution is -0.131. The van der Waals surface area contributed by atoms with E-state index in [4.69, 9.17) is 14.6 Å². The predicted molar refractivity (Wildman–Crippen MR) is 125 cm³/mol. The highest BCUT2D eigenvalue weighted by Crippen LogP contribution is 2.28. The van der Waals surface area contributed by atoms with E-state index in [0.717, 1.165) is 24.5 Å². The molecule has 1 aliphatic rings.